The van der Waals surface area contributed by atoms with Crippen molar-refractivity contribution in [2.45, 2.75) is 0 Å². The monoisotopic (exact) mass is 480 g/mol. The van der Waals surface area contributed by atoms with E-state index < -0.39 is 0 Å². The third kappa shape index (κ3) is 4.49. The summed E-state index contributed by atoms with van der Waals surface area (Å²) in [6.45, 7) is 3.18. The van der Waals surface area contributed by atoms with Crippen molar-refractivity contribution in [3.05, 3.63) is 79.3 Å². The number of urea groups is 1. The van der Waals surface area contributed by atoms with Gasteiger partial charge in [-0.3, -0.25) is 19.8 Å². The molecule has 2 amide bonds. The second-order valence-electron chi connectivity index (χ2n) is 8.40. The van der Waals surface area contributed by atoms with Gasteiger partial charge in [-0.1, -0.05) is 18.2 Å². The molecule has 5 heterocycles. The SMILES string of the molecule is O=C(Nc1ccc(-c2cn3c(N4CCOCC4)cccc3n2)cc1)Nc1cc(-c2ccncc2)n[nH]1. The molecular weight excluding hydrogens is 456 g/mol. The van der Waals surface area contributed by atoms with E-state index in [1.807, 2.05) is 54.7 Å². The van der Waals surface area contributed by atoms with Gasteiger partial charge in [0.2, 0.25) is 0 Å². The molecule has 0 bridgehead atoms. The minimum atomic E-state index is -0.365. The highest BCUT2D eigenvalue weighted by molar-refractivity contribution is 5.99. The Balaban J connectivity index is 1.14. The minimum Gasteiger partial charge on any atom is -0.378 e. The van der Waals surface area contributed by atoms with Crippen LogP contribution in [-0.2, 0) is 4.74 Å². The van der Waals surface area contributed by atoms with Gasteiger partial charge in [0.15, 0.2) is 0 Å². The van der Waals surface area contributed by atoms with Crippen molar-refractivity contribution in [1.29, 1.82) is 0 Å². The van der Waals surface area contributed by atoms with Gasteiger partial charge < -0.3 is 15.0 Å². The number of ether oxygens (including phenoxy) is 1. The number of imidazole rings is 1. The molecule has 0 atom stereocenters. The van der Waals surface area contributed by atoms with E-state index in [9.17, 15) is 4.79 Å². The number of carbonyl (C=O) groups excluding carboxylic acids is 1. The van der Waals surface area contributed by atoms with Crippen molar-refractivity contribution >= 4 is 29.0 Å². The maximum Gasteiger partial charge on any atom is 0.324 e. The molecule has 1 saturated heterocycles. The number of morpholine rings is 1. The van der Waals surface area contributed by atoms with Gasteiger partial charge in [-0.05, 0) is 36.4 Å². The van der Waals surface area contributed by atoms with Crippen molar-refractivity contribution in [2.24, 2.45) is 0 Å². The number of hydrogen-bond acceptors (Lipinski definition) is 6. The Hall–Kier alpha value is -4.70. The molecule has 10 heteroatoms. The molecule has 180 valence electrons. The number of hydrogen-bond donors (Lipinski definition) is 3. The highest BCUT2D eigenvalue weighted by Gasteiger charge is 2.15. The van der Waals surface area contributed by atoms with Crippen molar-refractivity contribution in [1.82, 2.24) is 24.6 Å². The zero-order valence-electron chi connectivity index (χ0n) is 19.4. The van der Waals surface area contributed by atoms with Crippen molar-refractivity contribution in [3.8, 4) is 22.5 Å². The van der Waals surface area contributed by atoms with Gasteiger partial charge in [0.25, 0.3) is 0 Å². The van der Waals surface area contributed by atoms with Crippen LogP contribution >= 0.6 is 0 Å². The van der Waals surface area contributed by atoms with Gasteiger partial charge >= 0.3 is 6.03 Å². The molecule has 1 fully saturated rings. The first-order chi connectivity index (χ1) is 17.7. The summed E-state index contributed by atoms with van der Waals surface area (Å²) in [5.41, 5.74) is 5.03. The number of aromatic nitrogens is 5. The second kappa shape index (κ2) is 9.51. The lowest BCUT2D eigenvalue weighted by atomic mass is 10.1. The Morgan fingerprint density at radius 1 is 0.917 bits per heavy atom. The van der Waals surface area contributed by atoms with Gasteiger partial charge in [-0.2, -0.15) is 5.10 Å². The van der Waals surface area contributed by atoms with Crippen LogP contribution in [-0.4, -0.2) is 56.9 Å². The maximum atomic E-state index is 12.5. The van der Waals surface area contributed by atoms with E-state index in [0.717, 1.165) is 60.3 Å². The fraction of sp³-hybridized carbons (Fsp3) is 0.154. The maximum absolute atomic E-state index is 12.5. The van der Waals surface area contributed by atoms with E-state index in [1.54, 1.807) is 18.5 Å². The fourth-order valence-electron chi connectivity index (χ4n) is 4.25. The third-order valence-electron chi connectivity index (χ3n) is 6.05. The number of H-pyrrole nitrogens is 1. The minimum absolute atomic E-state index is 0.365. The highest BCUT2D eigenvalue weighted by atomic mass is 16.5. The molecule has 10 nitrogen and oxygen atoms in total. The van der Waals surface area contributed by atoms with Crippen LogP contribution in [0.25, 0.3) is 28.2 Å². The van der Waals surface area contributed by atoms with E-state index in [0.29, 0.717) is 11.5 Å². The zero-order chi connectivity index (χ0) is 24.3. The number of nitrogens with zero attached hydrogens (tertiary/aromatic N) is 5. The van der Waals surface area contributed by atoms with Crippen molar-refractivity contribution in [3.63, 3.8) is 0 Å². The lowest BCUT2D eigenvalue weighted by Gasteiger charge is -2.29. The summed E-state index contributed by atoms with van der Waals surface area (Å²) in [4.78, 5) is 23.6. The molecule has 1 aliphatic heterocycles. The van der Waals surface area contributed by atoms with Gasteiger partial charge in [0.05, 0.1) is 24.6 Å². The number of anilines is 3. The zero-order valence-corrected chi connectivity index (χ0v) is 19.4. The molecule has 3 N–H and O–H groups in total. The standard InChI is InChI=1S/C26H24N8O2/c35-26(30-23-16-21(31-32-23)19-8-10-27-11-9-19)28-20-6-4-18(5-7-20)22-17-34-24(29-22)2-1-3-25(34)33-12-14-36-15-13-33/h1-11,16-17H,12-15H2,(H3,28,30,31,32,35). The third-order valence-corrected chi connectivity index (χ3v) is 6.05. The Bertz CT molecular complexity index is 1490. The van der Waals surface area contributed by atoms with Crippen molar-refractivity contribution in [2.75, 3.05) is 41.8 Å². The predicted octanol–water partition coefficient (Wildman–Crippen LogP) is 4.27. The number of rotatable bonds is 5. The van der Waals surface area contributed by atoms with Crippen LogP contribution in [0, 0.1) is 0 Å². The van der Waals surface area contributed by atoms with Crippen molar-refractivity contribution < 1.29 is 9.53 Å². The molecule has 1 aromatic carbocycles. The van der Waals surface area contributed by atoms with E-state index in [-0.39, 0.29) is 6.03 Å². The molecule has 0 saturated carbocycles. The average molecular weight is 481 g/mol. The Morgan fingerprint density at radius 3 is 2.50 bits per heavy atom. The first-order valence-electron chi connectivity index (χ1n) is 11.7. The summed E-state index contributed by atoms with van der Waals surface area (Å²) < 4.78 is 7.61. The molecule has 1 aliphatic rings. The number of benzene rings is 1. The van der Waals surface area contributed by atoms with Crippen LogP contribution in [0.1, 0.15) is 0 Å². The van der Waals surface area contributed by atoms with Crippen LogP contribution in [0.2, 0.25) is 0 Å². The first-order valence-corrected chi connectivity index (χ1v) is 11.7. The predicted molar refractivity (Wildman–Crippen MR) is 138 cm³/mol. The summed E-state index contributed by atoms with van der Waals surface area (Å²) in [6.07, 6.45) is 5.44. The van der Waals surface area contributed by atoms with E-state index >= 15 is 0 Å². The quantitative estimate of drug-likeness (QED) is 0.346. The topological polar surface area (TPSA) is 112 Å². The molecular formula is C26H24N8O2. The van der Waals surface area contributed by atoms with E-state index in [2.05, 4.69) is 41.2 Å². The molecule has 0 unspecified atom stereocenters. The van der Waals surface area contributed by atoms with Gasteiger partial charge in [0, 0.05) is 54.6 Å². The fourth-order valence-corrected chi connectivity index (χ4v) is 4.25. The second-order valence-corrected chi connectivity index (χ2v) is 8.40. The molecule has 6 rings (SSSR count). The summed E-state index contributed by atoms with van der Waals surface area (Å²) >= 11 is 0. The Kier molecular flexibility index (Phi) is 5.76. The van der Waals surface area contributed by atoms with Crippen LogP contribution in [0.4, 0.5) is 22.1 Å². The summed E-state index contributed by atoms with van der Waals surface area (Å²) in [5, 5.41) is 12.7. The molecule has 0 spiro atoms. The Morgan fingerprint density at radius 2 is 1.69 bits per heavy atom. The van der Waals surface area contributed by atoms with Crippen LogP contribution in [0.5, 0.6) is 0 Å². The van der Waals surface area contributed by atoms with Crippen LogP contribution < -0.4 is 15.5 Å². The smallest absolute Gasteiger partial charge is 0.324 e. The summed E-state index contributed by atoms with van der Waals surface area (Å²) in [7, 11) is 0. The number of aromatic amines is 1. The number of amides is 2. The molecule has 4 aromatic heterocycles. The Labute approximate surface area is 207 Å². The first kappa shape index (κ1) is 21.8. The number of nitrogens with one attached hydrogen (secondary N) is 3. The number of fused-ring (bicyclic) bond motifs is 1. The molecule has 5 aromatic rings. The largest absolute Gasteiger partial charge is 0.378 e. The van der Waals surface area contributed by atoms with Crippen LogP contribution in [0.3, 0.4) is 0 Å². The van der Waals surface area contributed by atoms with Gasteiger partial charge in [-0.15, -0.1) is 0 Å². The van der Waals surface area contributed by atoms with E-state index in [1.165, 1.54) is 0 Å². The normalized spacial score (nSPS) is 13.6. The molecule has 0 radical (unpaired) electrons. The number of carbonyl (C=O) groups is 1. The molecule has 36 heavy (non-hydrogen) atoms. The average Bonchev–Trinajstić information content (AvgIpc) is 3.57. The summed E-state index contributed by atoms with van der Waals surface area (Å²) in [5.74, 6) is 1.60. The lowest BCUT2D eigenvalue weighted by Crippen LogP contribution is -2.37. The summed E-state index contributed by atoms with van der Waals surface area (Å²) in [6, 6.07) is 18.9. The lowest BCUT2D eigenvalue weighted by molar-refractivity contribution is 0.122. The van der Waals surface area contributed by atoms with Gasteiger partial charge in [0.1, 0.15) is 17.3 Å². The molecule has 0 aliphatic carbocycles. The highest BCUT2D eigenvalue weighted by Crippen LogP contribution is 2.25. The van der Waals surface area contributed by atoms with E-state index in [4.69, 9.17) is 9.72 Å². The van der Waals surface area contributed by atoms with Gasteiger partial charge in [-0.25, -0.2) is 9.78 Å². The van der Waals surface area contributed by atoms with Crippen LogP contribution in [0.15, 0.2) is 79.3 Å². The number of pyridine rings is 2.